The Hall–Kier alpha value is -0.770. The second kappa shape index (κ2) is 2.23. The van der Waals surface area contributed by atoms with Crippen LogP contribution in [0.5, 0.6) is 0 Å². The van der Waals surface area contributed by atoms with E-state index in [1.807, 2.05) is 11.9 Å². The Bertz CT molecular complexity index is 134. The number of aliphatic hydroxyl groups is 1. The van der Waals surface area contributed by atoms with Crippen molar-refractivity contribution in [3.8, 4) is 0 Å². The molecule has 0 bridgehead atoms. The van der Waals surface area contributed by atoms with Crippen LogP contribution < -0.4 is 5.32 Å². The lowest BCUT2D eigenvalue weighted by atomic mass is 10.6. The number of nitrogens with zero attached hydrogens (tertiary/aromatic N) is 2. The van der Waals surface area contributed by atoms with Crippen LogP contribution in [-0.4, -0.2) is 42.8 Å². The summed E-state index contributed by atoms with van der Waals surface area (Å²) in [5, 5.41) is 11.8. The molecule has 9 heavy (non-hydrogen) atoms. The summed E-state index contributed by atoms with van der Waals surface area (Å²) in [5.74, 6) is 0.752. The minimum atomic E-state index is -0.450. The maximum atomic E-state index is 8.97. The number of likely N-dealkylation sites (N-methyl/N-ethyl adjacent to an activating group) is 1. The maximum Gasteiger partial charge on any atom is 0.195 e. The van der Waals surface area contributed by atoms with Crippen LogP contribution in [0.3, 0.4) is 0 Å². The summed E-state index contributed by atoms with van der Waals surface area (Å²) in [6.45, 7) is 0.618. The van der Waals surface area contributed by atoms with Crippen molar-refractivity contribution in [3.63, 3.8) is 0 Å². The molecule has 0 aromatic carbocycles. The van der Waals surface area contributed by atoms with E-state index in [4.69, 9.17) is 5.11 Å². The Morgan fingerprint density at radius 1 is 1.89 bits per heavy atom. The van der Waals surface area contributed by atoms with Crippen molar-refractivity contribution in [2.75, 3.05) is 20.6 Å². The molecule has 4 heteroatoms. The van der Waals surface area contributed by atoms with Crippen LogP contribution >= 0.6 is 0 Å². The molecule has 0 radical (unpaired) electrons. The number of aliphatic imine (C=N–C) groups is 1. The van der Waals surface area contributed by atoms with E-state index in [-0.39, 0.29) is 0 Å². The second-order valence-electron chi connectivity index (χ2n) is 2.09. The van der Waals surface area contributed by atoms with Crippen LogP contribution in [0.4, 0.5) is 0 Å². The fraction of sp³-hybridized carbons (Fsp3) is 0.800. The first kappa shape index (κ1) is 6.35. The molecule has 0 saturated carbocycles. The van der Waals surface area contributed by atoms with Gasteiger partial charge >= 0.3 is 0 Å². The Kier molecular flexibility index (Phi) is 1.57. The fourth-order valence-corrected chi connectivity index (χ4v) is 0.886. The highest BCUT2D eigenvalue weighted by Gasteiger charge is 2.20. The van der Waals surface area contributed by atoms with Crippen molar-refractivity contribution in [1.82, 2.24) is 10.2 Å². The maximum absolute atomic E-state index is 8.97. The smallest absolute Gasteiger partial charge is 0.195 e. The van der Waals surface area contributed by atoms with E-state index in [0.717, 1.165) is 5.96 Å². The van der Waals surface area contributed by atoms with E-state index >= 15 is 0 Å². The fourth-order valence-electron chi connectivity index (χ4n) is 0.886. The van der Waals surface area contributed by atoms with Crippen molar-refractivity contribution < 1.29 is 5.11 Å². The van der Waals surface area contributed by atoms with Gasteiger partial charge in [0.25, 0.3) is 0 Å². The largest absolute Gasteiger partial charge is 0.372 e. The number of nitrogens with one attached hydrogen (secondary N) is 1. The predicted molar refractivity (Wildman–Crippen MR) is 35.1 cm³/mol. The monoisotopic (exact) mass is 129 g/mol. The molecule has 1 rings (SSSR count). The van der Waals surface area contributed by atoms with Gasteiger partial charge in [-0.05, 0) is 0 Å². The van der Waals surface area contributed by atoms with Gasteiger partial charge in [0.2, 0.25) is 0 Å². The highest BCUT2D eigenvalue weighted by molar-refractivity contribution is 5.81. The zero-order valence-corrected chi connectivity index (χ0v) is 5.63. The first-order valence-electron chi connectivity index (χ1n) is 2.86. The van der Waals surface area contributed by atoms with Crippen LogP contribution in [0.2, 0.25) is 0 Å². The van der Waals surface area contributed by atoms with Gasteiger partial charge in [0.05, 0.1) is 6.54 Å². The van der Waals surface area contributed by atoms with Crippen LogP contribution in [0.1, 0.15) is 0 Å². The summed E-state index contributed by atoms with van der Waals surface area (Å²) < 4.78 is 0. The third-order valence-electron chi connectivity index (χ3n) is 1.32. The quantitative estimate of drug-likeness (QED) is 0.433. The van der Waals surface area contributed by atoms with E-state index < -0.39 is 6.23 Å². The third kappa shape index (κ3) is 1.13. The van der Waals surface area contributed by atoms with Crippen molar-refractivity contribution in [1.29, 1.82) is 0 Å². The molecule has 1 heterocycles. The molecule has 1 aliphatic rings. The standard InChI is InChI=1S/C5H11N3O/c1-6-5-7-4(9)3-8(5)2/h4,9H,3H2,1-2H3,(H,6,7). The predicted octanol–water partition coefficient (Wildman–Crippen LogP) is -1.17. The first-order valence-corrected chi connectivity index (χ1v) is 2.86. The van der Waals surface area contributed by atoms with Crippen molar-refractivity contribution in [2.24, 2.45) is 4.99 Å². The molecule has 2 N–H and O–H groups in total. The number of aliphatic hydroxyl groups excluding tert-OH is 1. The zero-order chi connectivity index (χ0) is 6.85. The van der Waals surface area contributed by atoms with Gasteiger partial charge in [-0.2, -0.15) is 0 Å². The highest BCUT2D eigenvalue weighted by atomic mass is 16.3. The van der Waals surface area contributed by atoms with E-state index in [1.165, 1.54) is 0 Å². The minimum Gasteiger partial charge on any atom is -0.372 e. The van der Waals surface area contributed by atoms with Crippen LogP contribution in [0.15, 0.2) is 4.99 Å². The summed E-state index contributed by atoms with van der Waals surface area (Å²) >= 11 is 0. The SMILES string of the molecule is CN=C1NC(O)CN1C. The number of β-amino-alcohol motifs (C(OH)–C–C–N with tert-alkyl or cyclic N) is 1. The number of hydrogen-bond donors (Lipinski definition) is 2. The Labute approximate surface area is 54.2 Å². The van der Waals surface area contributed by atoms with Gasteiger partial charge in [0.1, 0.15) is 6.23 Å². The Morgan fingerprint density at radius 2 is 2.56 bits per heavy atom. The van der Waals surface area contributed by atoms with Gasteiger partial charge in [0.15, 0.2) is 5.96 Å². The zero-order valence-electron chi connectivity index (χ0n) is 5.63. The lowest BCUT2D eigenvalue weighted by Crippen LogP contribution is -2.28. The van der Waals surface area contributed by atoms with Gasteiger partial charge < -0.3 is 15.3 Å². The van der Waals surface area contributed by atoms with Gasteiger partial charge in [-0.15, -0.1) is 0 Å². The first-order chi connectivity index (χ1) is 4.24. The molecule has 0 aromatic rings. The van der Waals surface area contributed by atoms with Crippen molar-refractivity contribution in [2.45, 2.75) is 6.23 Å². The van der Waals surface area contributed by atoms with Gasteiger partial charge in [-0.1, -0.05) is 0 Å². The Balaban J connectivity index is 2.58. The van der Waals surface area contributed by atoms with E-state index in [2.05, 4.69) is 10.3 Å². The molecule has 1 fully saturated rings. The summed E-state index contributed by atoms with van der Waals surface area (Å²) in [5.41, 5.74) is 0. The highest BCUT2D eigenvalue weighted by Crippen LogP contribution is 1.96. The molecule has 1 saturated heterocycles. The van der Waals surface area contributed by atoms with Crippen molar-refractivity contribution in [3.05, 3.63) is 0 Å². The van der Waals surface area contributed by atoms with E-state index in [9.17, 15) is 0 Å². The summed E-state index contributed by atoms with van der Waals surface area (Å²) in [4.78, 5) is 5.76. The summed E-state index contributed by atoms with van der Waals surface area (Å²) in [6.07, 6.45) is -0.450. The Morgan fingerprint density at radius 3 is 2.78 bits per heavy atom. The molecule has 1 atom stereocenters. The third-order valence-corrected chi connectivity index (χ3v) is 1.32. The van der Waals surface area contributed by atoms with Crippen LogP contribution in [0.25, 0.3) is 0 Å². The van der Waals surface area contributed by atoms with E-state index in [1.54, 1.807) is 7.05 Å². The van der Waals surface area contributed by atoms with Gasteiger partial charge in [-0.3, -0.25) is 4.99 Å². The molecule has 0 amide bonds. The average molecular weight is 129 g/mol. The average Bonchev–Trinajstić information content (AvgIpc) is 2.10. The van der Waals surface area contributed by atoms with E-state index in [0.29, 0.717) is 6.54 Å². The molecule has 0 aromatic heterocycles. The number of guanidine groups is 1. The van der Waals surface area contributed by atoms with Gasteiger partial charge in [-0.25, -0.2) is 0 Å². The lowest BCUT2D eigenvalue weighted by molar-refractivity contribution is 0.165. The number of rotatable bonds is 0. The topological polar surface area (TPSA) is 47.9 Å². The molecular weight excluding hydrogens is 118 g/mol. The summed E-state index contributed by atoms with van der Waals surface area (Å²) in [6, 6.07) is 0. The molecule has 0 aliphatic carbocycles. The molecule has 0 spiro atoms. The number of hydrogen-bond acceptors (Lipinski definition) is 2. The van der Waals surface area contributed by atoms with Gasteiger partial charge in [0, 0.05) is 14.1 Å². The molecule has 52 valence electrons. The second-order valence-corrected chi connectivity index (χ2v) is 2.09. The van der Waals surface area contributed by atoms with Crippen molar-refractivity contribution >= 4 is 5.96 Å². The molecule has 4 nitrogen and oxygen atoms in total. The summed E-state index contributed by atoms with van der Waals surface area (Å²) in [7, 11) is 3.57. The molecule has 1 aliphatic heterocycles. The molecular formula is C5H11N3O. The van der Waals surface area contributed by atoms with Crippen LogP contribution in [-0.2, 0) is 0 Å². The lowest BCUT2D eigenvalue weighted by Gasteiger charge is -2.06. The normalized spacial score (nSPS) is 31.2. The van der Waals surface area contributed by atoms with Crippen LogP contribution in [0, 0.1) is 0 Å². The minimum absolute atomic E-state index is 0.450. The molecule has 1 unspecified atom stereocenters.